The Bertz CT molecular complexity index is 1350. The van der Waals surface area contributed by atoms with Crippen LogP contribution in [0.1, 0.15) is 35.7 Å². The Hall–Kier alpha value is -4.09. The number of unbranched alkanes of at least 4 members (excludes halogenated alkanes) is 1. The highest BCUT2D eigenvalue weighted by molar-refractivity contribution is 5.94. The predicted molar refractivity (Wildman–Crippen MR) is 152 cm³/mol. The molecule has 1 fully saturated rings. The molecule has 0 aliphatic carbocycles. The molecule has 0 radical (unpaired) electrons. The quantitative estimate of drug-likeness (QED) is 0.331. The summed E-state index contributed by atoms with van der Waals surface area (Å²) in [5.41, 5.74) is 2.60. The minimum absolute atomic E-state index is 0.0892. The fourth-order valence-electron chi connectivity index (χ4n) is 4.22. The minimum Gasteiger partial charge on any atom is -0.380 e. The standard InChI is InChI=1S/C29H36N6O5/c1-3-4-13-39-14-10-30-27(36)18-21-6-5-7-22(17-21)24-19-25(29(38)34(2)33-24)32-26-9-8-23(20-31-26)28(37)35-11-15-40-16-12-35/h5-9,17,19-20H,3-4,10-16,18H2,1-2H3,(H,30,36)(H,31,32). The maximum absolute atomic E-state index is 12.8. The Morgan fingerprint density at radius 2 is 1.93 bits per heavy atom. The van der Waals surface area contributed by atoms with Gasteiger partial charge in [-0.05, 0) is 36.2 Å². The summed E-state index contributed by atoms with van der Waals surface area (Å²) in [5, 5.41) is 10.3. The van der Waals surface area contributed by atoms with Crippen LogP contribution in [0.2, 0.25) is 0 Å². The lowest BCUT2D eigenvalue weighted by Gasteiger charge is -2.26. The highest BCUT2D eigenvalue weighted by atomic mass is 16.5. The first-order chi connectivity index (χ1) is 19.4. The van der Waals surface area contributed by atoms with Crippen LogP contribution in [0.25, 0.3) is 11.3 Å². The zero-order valence-electron chi connectivity index (χ0n) is 23.0. The van der Waals surface area contributed by atoms with Crippen LogP contribution in [-0.4, -0.2) is 77.5 Å². The zero-order valence-corrected chi connectivity index (χ0v) is 23.0. The molecule has 0 saturated carbocycles. The molecule has 11 heteroatoms. The first kappa shape index (κ1) is 28.9. The maximum atomic E-state index is 12.8. The molecule has 2 N–H and O–H groups in total. The molecule has 4 rings (SSSR count). The number of amides is 2. The molecule has 1 aliphatic rings. The monoisotopic (exact) mass is 548 g/mol. The van der Waals surface area contributed by atoms with E-state index in [4.69, 9.17) is 9.47 Å². The van der Waals surface area contributed by atoms with Crippen molar-refractivity contribution in [2.45, 2.75) is 26.2 Å². The number of rotatable bonds is 12. The Labute approximate surface area is 233 Å². The summed E-state index contributed by atoms with van der Waals surface area (Å²) < 4.78 is 12.0. The van der Waals surface area contributed by atoms with Crippen LogP contribution in [0.3, 0.4) is 0 Å². The molecule has 3 heterocycles. The average Bonchev–Trinajstić information content (AvgIpc) is 2.97. The van der Waals surface area contributed by atoms with Crippen molar-refractivity contribution in [3.63, 3.8) is 0 Å². The molecule has 212 valence electrons. The fraction of sp³-hybridized carbons (Fsp3) is 0.414. The van der Waals surface area contributed by atoms with Crippen molar-refractivity contribution in [2.24, 2.45) is 7.05 Å². The number of hydrogen-bond acceptors (Lipinski definition) is 8. The molecule has 2 aromatic heterocycles. The van der Waals surface area contributed by atoms with Crippen molar-refractivity contribution in [1.29, 1.82) is 0 Å². The second-order valence-corrected chi connectivity index (χ2v) is 9.53. The van der Waals surface area contributed by atoms with Crippen LogP contribution in [0.4, 0.5) is 11.5 Å². The Kier molecular flexibility index (Phi) is 10.4. The number of aromatic nitrogens is 3. The van der Waals surface area contributed by atoms with Gasteiger partial charge in [-0.1, -0.05) is 31.5 Å². The van der Waals surface area contributed by atoms with E-state index in [-0.39, 0.29) is 23.8 Å². The summed E-state index contributed by atoms with van der Waals surface area (Å²) in [6.45, 7) is 5.92. The maximum Gasteiger partial charge on any atom is 0.290 e. The number of anilines is 2. The molecule has 40 heavy (non-hydrogen) atoms. The third kappa shape index (κ3) is 7.96. The summed E-state index contributed by atoms with van der Waals surface area (Å²) in [6, 6.07) is 12.5. The summed E-state index contributed by atoms with van der Waals surface area (Å²) in [6.07, 6.45) is 3.81. The van der Waals surface area contributed by atoms with Gasteiger partial charge in [-0.15, -0.1) is 0 Å². The summed E-state index contributed by atoms with van der Waals surface area (Å²) in [4.78, 5) is 44.0. The van der Waals surface area contributed by atoms with E-state index in [1.807, 2.05) is 24.3 Å². The van der Waals surface area contributed by atoms with Crippen molar-refractivity contribution >= 4 is 23.3 Å². The van der Waals surface area contributed by atoms with Gasteiger partial charge in [-0.3, -0.25) is 14.4 Å². The number of aryl methyl sites for hydroxylation is 1. The summed E-state index contributed by atoms with van der Waals surface area (Å²) >= 11 is 0. The van der Waals surface area contributed by atoms with Crippen molar-refractivity contribution < 1.29 is 19.1 Å². The predicted octanol–water partition coefficient (Wildman–Crippen LogP) is 2.53. The smallest absolute Gasteiger partial charge is 0.290 e. The molecule has 3 aromatic rings. The molecule has 1 saturated heterocycles. The summed E-state index contributed by atoms with van der Waals surface area (Å²) in [5.74, 6) is 0.240. The minimum atomic E-state index is -0.323. The van der Waals surface area contributed by atoms with Gasteiger partial charge in [0, 0.05) is 45.0 Å². The molecular weight excluding hydrogens is 512 g/mol. The van der Waals surface area contributed by atoms with E-state index in [2.05, 4.69) is 27.6 Å². The van der Waals surface area contributed by atoms with E-state index in [1.165, 1.54) is 10.9 Å². The molecule has 1 aromatic carbocycles. The van der Waals surface area contributed by atoms with Gasteiger partial charge in [0.2, 0.25) is 5.91 Å². The third-order valence-electron chi connectivity index (χ3n) is 6.43. The first-order valence-corrected chi connectivity index (χ1v) is 13.6. The van der Waals surface area contributed by atoms with Crippen LogP contribution in [0, 0.1) is 0 Å². The van der Waals surface area contributed by atoms with Gasteiger partial charge in [0.25, 0.3) is 11.5 Å². The Morgan fingerprint density at radius 3 is 2.67 bits per heavy atom. The van der Waals surface area contributed by atoms with Crippen LogP contribution in [-0.2, 0) is 27.7 Å². The van der Waals surface area contributed by atoms with E-state index < -0.39 is 0 Å². The number of nitrogens with zero attached hydrogens (tertiary/aromatic N) is 4. The number of benzene rings is 1. The van der Waals surface area contributed by atoms with E-state index >= 15 is 0 Å². The van der Waals surface area contributed by atoms with Crippen LogP contribution in [0.15, 0.2) is 53.5 Å². The molecule has 1 aliphatic heterocycles. The van der Waals surface area contributed by atoms with E-state index in [9.17, 15) is 14.4 Å². The molecule has 11 nitrogen and oxygen atoms in total. The molecule has 0 spiro atoms. The molecule has 0 bridgehead atoms. The van der Waals surface area contributed by atoms with Gasteiger partial charge in [0.05, 0.1) is 37.5 Å². The van der Waals surface area contributed by atoms with Gasteiger partial charge in [0.15, 0.2) is 0 Å². The normalized spacial score (nSPS) is 13.2. The second-order valence-electron chi connectivity index (χ2n) is 9.53. The van der Waals surface area contributed by atoms with Crippen LogP contribution in [0.5, 0.6) is 0 Å². The lowest BCUT2D eigenvalue weighted by Crippen LogP contribution is -2.40. The zero-order chi connectivity index (χ0) is 28.3. The van der Waals surface area contributed by atoms with Gasteiger partial charge in [-0.25, -0.2) is 9.67 Å². The number of ether oxygens (including phenoxy) is 2. The second kappa shape index (κ2) is 14.3. The van der Waals surface area contributed by atoms with Gasteiger partial charge in [0.1, 0.15) is 11.5 Å². The van der Waals surface area contributed by atoms with Crippen molar-refractivity contribution in [3.8, 4) is 11.3 Å². The lowest BCUT2D eigenvalue weighted by atomic mass is 10.1. The number of pyridine rings is 1. The van der Waals surface area contributed by atoms with Crippen molar-refractivity contribution in [3.05, 3.63) is 70.1 Å². The number of hydrogen-bond donors (Lipinski definition) is 2. The van der Waals surface area contributed by atoms with Crippen molar-refractivity contribution in [2.75, 3.05) is 51.4 Å². The van der Waals surface area contributed by atoms with E-state index in [0.29, 0.717) is 68.8 Å². The lowest BCUT2D eigenvalue weighted by molar-refractivity contribution is -0.120. The van der Waals surface area contributed by atoms with E-state index in [1.54, 1.807) is 30.1 Å². The summed E-state index contributed by atoms with van der Waals surface area (Å²) in [7, 11) is 1.58. The fourth-order valence-corrected chi connectivity index (χ4v) is 4.22. The largest absolute Gasteiger partial charge is 0.380 e. The van der Waals surface area contributed by atoms with Crippen LogP contribution >= 0.6 is 0 Å². The number of morpholine rings is 1. The topological polar surface area (TPSA) is 128 Å². The number of nitrogens with one attached hydrogen (secondary N) is 2. The highest BCUT2D eigenvalue weighted by Crippen LogP contribution is 2.21. The molecular formula is C29H36N6O5. The average molecular weight is 549 g/mol. The SMILES string of the molecule is CCCCOCCNC(=O)Cc1cccc(-c2cc(Nc3ccc(C(=O)N4CCOCC4)cn3)c(=O)n(C)n2)c1. The van der Waals surface area contributed by atoms with Gasteiger partial charge in [-0.2, -0.15) is 5.10 Å². The van der Waals surface area contributed by atoms with Gasteiger partial charge < -0.3 is 25.0 Å². The Morgan fingerprint density at radius 1 is 1.10 bits per heavy atom. The molecule has 0 unspecified atom stereocenters. The van der Waals surface area contributed by atoms with Crippen molar-refractivity contribution in [1.82, 2.24) is 25.0 Å². The third-order valence-corrected chi connectivity index (χ3v) is 6.43. The molecule has 2 amide bonds. The number of carbonyl (C=O) groups is 2. The van der Waals surface area contributed by atoms with E-state index in [0.717, 1.165) is 24.0 Å². The first-order valence-electron chi connectivity index (χ1n) is 13.6. The Balaban J connectivity index is 1.41. The van der Waals surface area contributed by atoms with Crippen LogP contribution < -0.4 is 16.2 Å². The van der Waals surface area contributed by atoms with Gasteiger partial charge >= 0.3 is 0 Å². The number of carbonyl (C=O) groups excluding carboxylic acids is 2. The highest BCUT2D eigenvalue weighted by Gasteiger charge is 2.19. The molecule has 0 atom stereocenters.